The summed E-state index contributed by atoms with van der Waals surface area (Å²) in [7, 11) is 0. The summed E-state index contributed by atoms with van der Waals surface area (Å²) in [5, 5.41) is 0. The number of ether oxygens (including phenoxy) is 1. The van der Waals surface area contributed by atoms with Crippen LogP contribution in [0.4, 0.5) is 0 Å². The van der Waals surface area contributed by atoms with Crippen molar-refractivity contribution in [2.75, 3.05) is 6.61 Å². The lowest BCUT2D eigenvalue weighted by molar-refractivity contribution is 0.346. The van der Waals surface area contributed by atoms with E-state index in [1.165, 1.54) is 0 Å². The number of hydrogen-bond donors (Lipinski definition) is 1. The van der Waals surface area contributed by atoms with Crippen LogP contribution in [0.1, 0.15) is 11.1 Å². The van der Waals surface area contributed by atoms with Crippen molar-refractivity contribution in [1.29, 1.82) is 0 Å². The van der Waals surface area contributed by atoms with Crippen LogP contribution in [0.15, 0.2) is 30.5 Å². The van der Waals surface area contributed by atoms with E-state index in [1.807, 2.05) is 32.0 Å². The quantitative estimate of drug-likeness (QED) is 0.767. The molecule has 2 N–H and O–H groups in total. The van der Waals surface area contributed by atoms with Crippen LogP contribution >= 0.6 is 0 Å². The molecule has 0 bridgehead atoms. The fraction of sp³-hybridized carbons (Fsp3) is 0.273. The minimum absolute atomic E-state index is 0.381. The van der Waals surface area contributed by atoms with Gasteiger partial charge in [0.2, 0.25) is 0 Å². The van der Waals surface area contributed by atoms with Crippen molar-refractivity contribution in [2.24, 2.45) is 5.73 Å². The maximum absolute atomic E-state index is 5.50. The van der Waals surface area contributed by atoms with Gasteiger partial charge >= 0.3 is 0 Å². The molecule has 0 atom stereocenters. The van der Waals surface area contributed by atoms with E-state index in [0.717, 1.165) is 16.9 Å². The first kappa shape index (κ1) is 9.65. The summed E-state index contributed by atoms with van der Waals surface area (Å²) in [5.41, 5.74) is 8.22. The van der Waals surface area contributed by atoms with Gasteiger partial charge < -0.3 is 10.5 Å². The molecular formula is C11H15NO. The lowest BCUT2D eigenvalue weighted by Crippen LogP contribution is -2.08. The van der Waals surface area contributed by atoms with E-state index >= 15 is 0 Å². The minimum atomic E-state index is 0.381. The zero-order valence-corrected chi connectivity index (χ0v) is 8.13. The topological polar surface area (TPSA) is 35.2 Å². The molecule has 13 heavy (non-hydrogen) atoms. The van der Waals surface area contributed by atoms with Crippen LogP contribution in [0.25, 0.3) is 0 Å². The summed E-state index contributed by atoms with van der Waals surface area (Å²) < 4.78 is 5.50. The molecule has 0 unspecified atom stereocenters. The largest absolute Gasteiger partial charge is 0.487 e. The molecule has 0 fully saturated rings. The van der Waals surface area contributed by atoms with E-state index in [0.29, 0.717) is 12.3 Å². The number of nitrogens with two attached hydrogens (primary N) is 1. The summed E-state index contributed by atoms with van der Waals surface area (Å²) in [6.07, 6.45) is 0. The van der Waals surface area contributed by atoms with Gasteiger partial charge in [0.1, 0.15) is 12.4 Å². The van der Waals surface area contributed by atoms with Gasteiger partial charge in [-0.25, -0.2) is 0 Å². The molecule has 0 aliphatic carbocycles. The first-order valence-electron chi connectivity index (χ1n) is 4.23. The molecule has 1 rings (SSSR count). The Kier molecular flexibility index (Phi) is 2.96. The molecule has 0 amide bonds. The standard InChI is InChI=1S/C11H15NO/c1-8-5-4-6-9(2)11(8)13-7-10(3)12/h4-6H,3,7,12H2,1-2H3. The third kappa shape index (κ3) is 2.51. The van der Waals surface area contributed by atoms with Crippen molar-refractivity contribution in [3.63, 3.8) is 0 Å². The van der Waals surface area contributed by atoms with E-state index in [2.05, 4.69) is 6.58 Å². The van der Waals surface area contributed by atoms with E-state index in [9.17, 15) is 0 Å². The highest BCUT2D eigenvalue weighted by Crippen LogP contribution is 2.22. The van der Waals surface area contributed by atoms with Crippen molar-refractivity contribution >= 4 is 0 Å². The van der Waals surface area contributed by atoms with Crippen LogP contribution in [-0.4, -0.2) is 6.61 Å². The lowest BCUT2D eigenvalue weighted by atomic mass is 10.1. The SMILES string of the molecule is C=C(N)COc1c(C)cccc1C. The molecular weight excluding hydrogens is 162 g/mol. The third-order valence-corrected chi connectivity index (χ3v) is 1.81. The second-order valence-electron chi connectivity index (χ2n) is 3.17. The molecule has 1 aromatic carbocycles. The average molecular weight is 177 g/mol. The number of benzene rings is 1. The van der Waals surface area contributed by atoms with Crippen molar-refractivity contribution in [2.45, 2.75) is 13.8 Å². The normalized spacial score (nSPS) is 9.69. The van der Waals surface area contributed by atoms with Crippen molar-refractivity contribution < 1.29 is 4.74 Å². The van der Waals surface area contributed by atoms with Crippen molar-refractivity contribution in [1.82, 2.24) is 0 Å². The summed E-state index contributed by atoms with van der Waals surface area (Å²) >= 11 is 0. The van der Waals surface area contributed by atoms with Crippen molar-refractivity contribution in [3.05, 3.63) is 41.6 Å². The van der Waals surface area contributed by atoms with Crippen molar-refractivity contribution in [3.8, 4) is 5.75 Å². The van der Waals surface area contributed by atoms with Crippen LogP contribution in [-0.2, 0) is 0 Å². The van der Waals surface area contributed by atoms with Crippen LogP contribution in [0.2, 0.25) is 0 Å². The fourth-order valence-electron chi connectivity index (χ4n) is 1.19. The fourth-order valence-corrected chi connectivity index (χ4v) is 1.19. The van der Waals surface area contributed by atoms with Gasteiger partial charge in [0.15, 0.2) is 0 Å². The first-order chi connectivity index (χ1) is 6.11. The molecule has 1 aromatic rings. The van der Waals surface area contributed by atoms with Gasteiger partial charge in [-0.3, -0.25) is 0 Å². The molecule has 0 saturated carbocycles. The Morgan fingerprint density at radius 3 is 2.38 bits per heavy atom. The average Bonchev–Trinajstić information content (AvgIpc) is 2.03. The van der Waals surface area contributed by atoms with E-state index < -0.39 is 0 Å². The lowest BCUT2D eigenvalue weighted by Gasteiger charge is -2.11. The summed E-state index contributed by atoms with van der Waals surface area (Å²) in [5.74, 6) is 0.911. The number of hydrogen-bond acceptors (Lipinski definition) is 2. The second kappa shape index (κ2) is 3.99. The van der Waals surface area contributed by atoms with Gasteiger partial charge in [-0.15, -0.1) is 0 Å². The highest BCUT2D eigenvalue weighted by atomic mass is 16.5. The van der Waals surface area contributed by atoms with Gasteiger partial charge in [-0.1, -0.05) is 24.8 Å². The number of aryl methyl sites for hydroxylation is 2. The van der Waals surface area contributed by atoms with Gasteiger partial charge in [-0.05, 0) is 25.0 Å². The molecule has 70 valence electrons. The van der Waals surface area contributed by atoms with Gasteiger partial charge in [0.25, 0.3) is 0 Å². The molecule has 0 saturated heterocycles. The molecule has 0 aromatic heterocycles. The van der Waals surface area contributed by atoms with Gasteiger partial charge in [0, 0.05) is 5.70 Å². The Morgan fingerprint density at radius 2 is 1.92 bits per heavy atom. The molecule has 0 spiro atoms. The molecule has 2 heteroatoms. The summed E-state index contributed by atoms with van der Waals surface area (Å²) in [6, 6.07) is 6.04. The summed E-state index contributed by atoms with van der Waals surface area (Å²) in [6.45, 7) is 7.99. The predicted molar refractivity (Wildman–Crippen MR) is 54.7 cm³/mol. The zero-order valence-electron chi connectivity index (χ0n) is 8.13. The van der Waals surface area contributed by atoms with Crippen LogP contribution in [0.5, 0.6) is 5.75 Å². The molecule has 2 nitrogen and oxygen atoms in total. The third-order valence-electron chi connectivity index (χ3n) is 1.81. The molecule has 0 heterocycles. The van der Waals surface area contributed by atoms with E-state index in [4.69, 9.17) is 10.5 Å². The Bertz CT molecular complexity index is 298. The Hall–Kier alpha value is -1.44. The van der Waals surface area contributed by atoms with Crippen LogP contribution in [0.3, 0.4) is 0 Å². The number of para-hydroxylation sites is 1. The van der Waals surface area contributed by atoms with E-state index in [1.54, 1.807) is 0 Å². The maximum Gasteiger partial charge on any atom is 0.127 e. The zero-order chi connectivity index (χ0) is 9.84. The smallest absolute Gasteiger partial charge is 0.127 e. The number of rotatable bonds is 3. The van der Waals surface area contributed by atoms with Crippen LogP contribution < -0.4 is 10.5 Å². The maximum atomic E-state index is 5.50. The first-order valence-corrected chi connectivity index (χ1v) is 4.23. The summed E-state index contributed by atoms with van der Waals surface area (Å²) in [4.78, 5) is 0. The monoisotopic (exact) mass is 177 g/mol. The highest BCUT2D eigenvalue weighted by molar-refractivity contribution is 5.39. The van der Waals surface area contributed by atoms with E-state index in [-0.39, 0.29) is 0 Å². The Balaban J connectivity index is 2.81. The Morgan fingerprint density at radius 1 is 1.38 bits per heavy atom. The highest BCUT2D eigenvalue weighted by Gasteiger charge is 2.02. The predicted octanol–water partition coefficient (Wildman–Crippen LogP) is 2.15. The Labute approximate surface area is 79.0 Å². The molecule has 0 radical (unpaired) electrons. The van der Waals surface area contributed by atoms with Crippen LogP contribution in [0, 0.1) is 13.8 Å². The second-order valence-corrected chi connectivity index (χ2v) is 3.17. The minimum Gasteiger partial charge on any atom is -0.487 e. The molecule has 0 aliphatic rings. The van der Waals surface area contributed by atoms with Gasteiger partial charge in [0.05, 0.1) is 0 Å². The van der Waals surface area contributed by atoms with Gasteiger partial charge in [-0.2, -0.15) is 0 Å². The molecule has 0 aliphatic heterocycles.